The number of aromatic nitrogens is 2. The number of hydrogen-bond acceptors (Lipinski definition) is 5. The molecule has 0 N–H and O–H groups in total. The van der Waals surface area contributed by atoms with E-state index in [2.05, 4.69) is 40.2 Å². The second-order valence-electron chi connectivity index (χ2n) is 5.65. The molecule has 1 aliphatic heterocycles. The van der Waals surface area contributed by atoms with Crippen LogP contribution in [0.3, 0.4) is 0 Å². The van der Waals surface area contributed by atoms with Gasteiger partial charge in [0.2, 0.25) is 11.8 Å². The van der Waals surface area contributed by atoms with E-state index in [4.69, 9.17) is 9.15 Å². The predicted molar refractivity (Wildman–Crippen MR) is 83.8 cm³/mol. The van der Waals surface area contributed by atoms with Crippen LogP contribution in [0.25, 0.3) is 0 Å². The fourth-order valence-corrected chi connectivity index (χ4v) is 2.88. The first-order chi connectivity index (χ1) is 10.7. The van der Waals surface area contributed by atoms with Gasteiger partial charge in [0.1, 0.15) is 5.75 Å². The van der Waals surface area contributed by atoms with Crippen molar-refractivity contribution in [1.29, 1.82) is 0 Å². The van der Waals surface area contributed by atoms with Crippen LogP contribution in [-0.2, 0) is 19.4 Å². The summed E-state index contributed by atoms with van der Waals surface area (Å²) in [4.78, 5) is 2.38. The zero-order valence-corrected chi connectivity index (χ0v) is 13.5. The number of aryl methyl sites for hydroxylation is 1. The zero-order chi connectivity index (χ0) is 15.5. The molecule has 5 heteroatoms. The number of ether oxygens (including phenoxy) is 1. The molecule has 2 aromatic rings. The minimum absolute atomic E-state index is 0.136. The maximum Gasteiger partial charge on any atom is 0.233 e. The van der Waals surface area contributed by atoms with Gasteiger partial charge in [-0.1, -0.05) is 13.0 Å². The third-order valence-electron chi connectivity index (χ3n) is 4.22. The average Bonchev–Trinajstić information content (AvgIpc) is 3.03. The number of fused-ring (bicyclic) bond motifs is 1. The fraction of sp³-hybridized carbons (Fsp3) is 0.529. The van der Waals surface area contributed by atoms with E-state index < -0.39 is 0 Å². The molecule has 0 amide bonds. The van der Waals surface area contributed by atoms with E-state index in [1.807, 2.05) is 13.8 Å². The number of rotatable bonds is 5. The summed E-state index contributed by atoms with van der Waals surface area (Å²) in [7, 11) is 0. The van der Waals surface area contributed by atoms with Crippen LogP contribution in [-0.4, -0.2) is 28.2 Å². The van der Waals surface area contributed by atoms with Crippen LogP contribution >= 0.6 is 0 Å². The smallest absolute Gasteiger partial charge is 0.233 e. The second-order valence-corrected chi connectivity index (χ2v) is 5.65. The Morgan fingerprint density at radius 2 is 2.14 bits per heavy atom. The fourth-order valence-electron chi connectivity index (χ4n) is 2.88. The Hall–Kier alpha value is -1.88. The average molecular weight is 301 g/mol. The van der Waals surface area contributed by atoms with Crippen molar-refractivity contribution in [2.75, 3.05) is 13.2 Å². The molecule has 0 radical (unpaired) electrons. The first-order valence-corrected chi connectivity index (χ1v) is 8.02. The highest BCUT2D eigenvalue weighted by Gasteiger charge is 2.25. The standard InChI is InChI=1S/C17H23N3O2/c1-4-16-18-19-17(22-16)12(3)20-9-8-13-6-7-15(21-5-2)10-14(13)11-20/h6-7,10,12H,4-5,8-9,11H2,1-3H3. The minimum Gasteiger partial charge on any atom is -0.494 e. The van der Waals surface area contributed by atoms with Gasteiger partial charge in [0.15, 0.2) is 0 Å². The van der Waals surface area contributed by atoms with Crippen molar-refractivity contribution < 1.29 is 9.15 Å². The summed E-state index contributed by atoms with van der Waals surface area (Å²) in [6.07, 6.45) is 1.82. The molecule has 118 valence electrons. The quantitative estimate of drug-likeness (QED) is 0.849. The van der Waals surface area contributed by atoms with E-state index in [1.165, 1.54) is 11.1 Å². The van der Waals surface area contributed by atoms with E-state index in [0.717, 1.165) is 31.7 Å². The Morgan fingerprint density at radius 1 is 1.27 bits per heavy atom. The van der Waals surface area contributed by atoms with Crippen LogP contribution in [0.5, 0.6) is 5.75 Å². The molecule has 0 spiro atoms. The van der Waals surface area contributed by atoms with Gasteiger partial charge in [-0.15, -0.1) is 10.2 Å². The van der Waals surface area contributed by atoms with Crippen molar-refractivity contribution >= 4 is 0 Å². The third kappa shape index (κ3) is 2.99. The molecule has 0 aliphatic carbocycles. The lowest BCUT2D eigenvalue weighted by Crippen LogP contribution is -2.33. The SMILES string of the molecule is CCOc1ccc2c(c1)CN(C(C)c1nnc(CC)o1)CC2. The lowest BCUT2D eigenvalue weighted by molar-refractivity contribution is 0.164. The molecule has 0 saturated carbocycles. The van der Waals surface area contributed by atoms with Gasteiger partial charge in [-0.3, -0.25) is 4.90 Å². The van der Waals surface area contributed by atoms with Crippen molar-refractivity contribution in [3.63, 3.8) is 0 Å². The zero-order valence-electron chi connectivity index (χ0n) is 13.5. The van der Waals surface area contributed by atoms with Crippen LogP contribution < -0.4 is 4.74 Å². The molecule has 0 fully saturated rings. The summed E-state index contributed by atoms with van der Waals surface area (Å²) >= 11 is 0. The molecule has 0 saturated heterocycles. The van der Waals surface area contributed by atoms with Crippen LogP contribution in [0.4, 0.5) is 0 Å². The summed E-state index contributed by atoms with van der Waals surface area (Å²) in [5, 5.41) is 8.25. The van der Waals surface area contributed by atoms with Crippen molar-refractivity contribution in [1.82, 2.24) is 15.1 Å². The lowest BCUT2D eigenvalue weighted by atomic mass is 9.98. The lowest BCUT2D eigenvalue weighted by Gasteiger charge is -2.32. The topological polar surface area (TPSA) is 51.4 Å². The maximum absolute atomic E-state index is 5.71. The first kappa shape index (κ1) is 15.0. The maximum atomic E-state index is 5.71. The predicted octanol–water partition coefficient (Wildman–Crippen LogP) is 3.15. The van der Waals surface area contributed by atoms with Crippen molar-refractivity contribution in [2.45, 2.75) is 46.2 Å². The van der Waals surface area contributed by atoms with Gasteiger partial charge in [0.05, 0.1) is 12.6 Å². The molecule has 1 unspecified atom stereocenters. The highest BCUT2D eigenvalue weighted by Crippen LogP contribution is 2.29. The van der Waals surface area contributed by atoms with Crippen molar-refractivity contribution in [3.05, 3.63) is 41.1 Å². The molecule has 0 bridgehead atoms. The Morgan fingerprint density at radius 3 is 2.86 bits per heavy atom. The Kier molecular flexibility index (Phi) is 4.43. The monoisotopic (exact) mass is 301 g/mol. The summed E-state index contributed by atoms with van der Waals surface area (Å²) in [5.74, 6) is 2.36. The molecule has 1 aromatic carbocycles. The van der Waals surface area contributed by atoms with E-state index in [9.17, 15) is 0 Å². The number of benzene rings is 1. The van der Waals surface area contributed by atoms with E-state index in [1.54, 1.807) is 0 Å². The summed E-state index contributed by atoms with van der Waals surface area (Å²) < 4.78 is 11.3. The molecule has 1 atom stereocenters. The first-order valence-electron chi connectivity index (χ1n) is 8.02. The normalized spacial score (nSPS) is 16.3. The molecule has 1 aliphatic rings. The molecule has 2 heterocycles. The van der Waals surface area contributed by atoms with E-state index >= 15 is 0 Å². The Bertz CT molecular complexity index is 639. The van der Waals surface area contributed by atoms with E-state index in [-0.39, 0.29) is 6.04 Å². The summed E-state index contributed by atoms with van der Waals surface area (Å²) in [5.41, 5.74) is 2.74. The summed E-state index contributed by atoms with van der Waals surface area (Å²) in [6, 6.07) is 6.54. The van der Waals surface area contributed by atoms with Gasteiger partial charge in [0.25, 0.3) is 0 Å². The van der Waals surface area contributed by atoms with Gasteiger partial charge >= 0.3 is 0 Å². The molecular formula is C17H23N3O2. The Labute approximate surface area is 131 Å². The Balaban J connectivity index is 1.76. The van der Waals surface area contributed by atoms with Crippen molar-refractivity contribution in [3.8, 4) is 5.75 Å². The van der Waals surface area contributed by atoms with Crippen LogP contribution in [0, 0.1) is 0 Å². The molecule has 22 heavy (non-hydrogen) atoms. The van der Waals surface area contributed by atoms with Gasteiger partial charge in [-0.2, -0.15) is 0 Å². The van der Waals surface area contributed by atoms with Gasteiger partial charge in [-0.25, -0.2) is 0 Å². The second kappa shape index (κ2) is 6.48. The van der Waals surface area contributed by atoms with Gasteiger partial charge in [0, 0.05) is 19.5 Å². The molecule has 1 aromatic heterocycles. The van der Waals surface area contributed by atoms with Gasteiger partial charge in [-0.05, 0) is 43.5 Å². The highest BCUT2D eigenvalue weighted by molar-refractivity contribution is 5.37. The van der Waals surface area contributed by atoms with E-state index in [0.29, 0.717) is 18.4 Å². The van der Waals surface area contributed by atoms with Crippen molar-refractivity contribution in [2.24, 2.45) is 0 Å². The van der Waals surface area contributed by atoms with Crippen LogP contribution in [0.15, 0.2) is 22.6 Å². The molecule has 3 rings (SSSR count). The van der Waals surface area contributed by atoms with Crippen LogP contribution in [0.2, 0.25) is 0 Å². The molecule has 5 nitrogen and oxygen atoms in total. The number of nitrogens with zero attached hydrogens (tertiary/aromatic N) is 3. The van der Waals surface area contributed by atoms with Gasteiger partial charge < -0.3 is 9.15 Å². The largest absolute Gasteiger partial charge is 0.494 e. The summed E-state index contributed by atoms with van der Waals surface area (Å²) in [6.45, 7) is 8.75. The van der Waals surface area contributed by atoms with Crippen LogP contribution in [0.1, 0.15) is 49.7 Å². The third-order valence-corrected chi connectivity index (χ3v) is 4.22. The number of hydrogen-bond donors (Lipinski definition) is 0. The molecular weight excluding hydrogens is 278 g/mol. The highest BCUT2D eigenvalue weighted by atomic mass is 16.5. The minimum atomic E-state index is 0.136.